The molecule has 1 amide bonds. The normalized spacial score (nSPS) is 13.9. The third-order valence-corrected chi connectivity index (χ3v) is 3.54. The minimum atomic E-state index is -3.38. The second kappa shape index (κ2) is 5.70. The Balaban J connectivity index is 2.96. The standard InChI is InChI=1S/C11H15N3O4S/c1-7(10(12)14-16)13-11(15)8-4-3-5-9(6-8)19(2,17)18/h3-7,16H,1-2H3,(H2,12,14)(H,13,15). The summed E-state index contributed by atoms with van der Waals surface area (Å²) < 4.78 is 22.8. The van der Waals surface area contributed by atoms with Crippen molar-refractivity contribution in [2.45, 2.75) is 17.9 Å². The van der Waals surface area contributed by atoms with E-state index >= 15 is 0 Å². The Labute approximate surface area is 111 Å². The Kier molecular flexibility index (Phi) is 4.49. The first kappa shape index (κ1) is 15.0. The number of oxime groups is 1. The van der Waals surface area contributed by atoms with Crippen LogP contribution in [0.1, 0.15) is 17.3 Å². The van der Waals surface area contributed by atoms with Crippen molar-refractivity contribution in [2.75, 3.05) is 6.26 Å². The summed E-state index contributed by atoms with van der Waals surface area (Å²) >= 11 is 0. The summed E-state index contributed by atoms with van der Waals surface area (Å²) in [5.74, 6) is -0.655. The van der Waals surface area contributed by atoms with Crippen molar-refractivity contribution < 1.29 is 18.4 Å². The van der Waals surface area contributed by atoms with Crippen molar-refractivity contribution in [3.05, 3.63) is 29.8 Å². The molecule has 1 unspecified atom stereocenters. The Morgan fingerprint density at radius 1 is 1.47 bits per heavy atom. The highest BCUT2D eigenvalue weighted by Crippen LogP contribution is 2.11. The molecule has 7 nitrogen and oxygen atoms in total. The molecule has 0 aliphatic heterocycles. The number of sulfone groups is 1. The first-order valence-corrected chi connectivity index (χ1v) is 7.23. The average molecular weight is 285 g/mol. The van der Waals surface area contributed by atoms with Crippen LogP contribution in [0.15, 0.2) is 34.3 Å². The van der Waals surface area contributed by atoms with Crippen LogP contribution < -0.4 is 11.1 Å². The van der Waals surface area contributed by atoms with Crippen LogP contribution in [0.4, 0.5) is 0 Å². The fraction of sp³-hybridized carbons (Fsp3) is 0.273. The quantitative estimate of drug-likeness (QED) is 0.310. The van der Waals surface area contributed by atoms with Gasteiger partial charge in [-0.05, 0) is 25.1 Å². The number of amides is 1. The highest BCUT2D eigenvalue weighted by atomic mass is 32.2. The molecule has 0 spiro atoms. The molecule has 104 valence electrons. The number of hydrogen-bond donors (Lipinski definition) is 3. The highest BCUT2D eigenvalue weighted by Gasteiger charge is 2.15. The van der Waals surface area contributed by atoms with Gasteiger partial charge in [-0.25, -0.2) is 8.42 Å². The van der Waals surface area contributed by atoms with E-state index in [9.17, 15) is 13.2 Å². The Morgan fingerprint density at radius 2 is 2.11 bits per heavy atom. The molecule has 4 N–H and O–H groups in total. The number of rotatable bonds is 4. The summed E-state index contributed by atoms with van der Waals surface area (Å²) in [6, 6.07) is 4.95. The van der Waals surface area contributed by atoms with Crippen molar-refractivity contribution in [2.24, 2.45) is 10.9 Å². The van der Waals surface area contributed by atoms with E-state index in [1.807, 2.05) is 0 Å². The minimum absolute atomic E-state index is 0.0524. The van der Waals surface area contributed by atoms with Gasteiger partial charge in [0.1, 0.15) is 0 Å². The second-order valence-corrected chi connectivity index (χ2v) is 6.04. The van der Waals surface area contributed by atoms with Crippen LogP contribution in [-0.4, -0.2) is 37.7 Å². The maximum Gasteiger partial charge on any atom is 0.251 e. The summed E-state index contributed by atoms with van der Waals surface area (Å²) in [4.78, 5) is 11.9. The summed E-state index contributed by atoms with van der Waals surface area (Å²) in [5.41, 5.74) is 5.51. The van der Waals surface area contributed by atoms with E-state index in [1.54, 1.807) is 0 Å². The van der Waals surface area contributed by atoms with E-state index in [4.69, 9.17) is 10.9 Å². The number of nitrogens with one attached hydrogen (secondary N) is 1. The van der Waals surface area contributed by atoms with Crippen molar-refractivity contribution in [3.8, 4) is 0 Å². The van der Waals surface area contributed by atoms with Crippen molar-refractivity contribution in [3.63, 3.8) is 0 Å². The predicted molar refractivity (Wildman–Crippen MR) is 69.9 cm³/mol. The van der Waals surface area contributed by atoms with E-state index in [0.29, 0.717) is 0 Å². The number of nitrogens with two attached hydrogens (primary N) is 1. The number of benzene rings is 1. The molecule has 0 aliphatic carbocycles. The number of nitrogens with zero attached hydrogens (tertiary/aromatic N) is 1. The van der Waals surface area contributed by atoms with E-state index < -0.39 is 21.8 Å². The summed E-state index contributed by atoms with van der Waals surface area (Å²) in [6.45, 7) is 1.54. The molecule has 0 saturated carbocycles. The molecular weight excluding hydrogens is 270 g/mol. The lowest BCUT2D eigenvalue weighted by molar-refractivity contribution is 0.0948. The lowest BCUT2D eigenvalue weighted by Crippen LogP contribution is -2.42. The van der Waals surface area contributed by atoms with Gasteiger partial charge in [-0.15, -0.1) is 0 Å². The number of amidine groups is 1. The van der Waals surface area contributed by atoms with E-state index in [1.165, 1.54) is 31.2 Å². The average Bonchev–Trinajstić information content (AvgIpc) is 2.36. The first-order chi connectivity index (χ1) is 8.75. The zero-order valence-electron chi connectivity index (χ0n) is 10.5. The largest absolute Gasteiger partial charge is 0.409 e. The van der Waals surface area contributed by atoms with Gasteiger partial charge in [0.05, 0.1) is 10.9 Å². The van der Waals surface area contributed by atoms with Crippen molar-refractivity contribution in [1.82, 2.24) is 5.32 Å². The number of carbonyl (C=O) groups excluding carboxylic acids is 1. The van der Waals surface area contributed by atoms with Gasteiger partial charge in [-0.3, -0.25) is 4.79 Å². The van der Waals surface area contributed by atoms with E-state index in [-0.39, 0.29) is 16.3 Å². The van der Waals surface area contributed by atoms with Gasteiger partial charge in [-0.1, -0.05) is 11.2 Å². The summed E-state index contributed by atoms with van der Waals surface area (Å²) in [6.07, 6.45) is 1.06. The maximum atomic E-state index is 11.9. The Hall–Kier alpha value is -2.09. The summed E-state index contributed by atoms with van der Waals surface area (Å²) in [7, 11) is -3.38. The predicted octanol–water partition coefficient (Wildman–Crippen LogP) is -0.0452. The molecule has 0 saturated heterocycles. The Bertz CT molecular complexity index is 610. The lowest BCUT2D eigenvalue weighted by atomic mass is 10.2. The number of hydrogen-bond acceptors (Lipinski definition) is 5. The lowest BCUT2D eigenvalue weighted by Gasteiger charge is -2.12. The van der Waals surface area contributed by atoms with E-state index in [0.717, 1.165) is 6.26 Å². The molecular formula is C11H15N3O4S. The van der Waals surface area contributed by atoms with Crippen molar-refractivity contribution >= 4 is 21.6 Å². The molecule has 8 heteroatoms. The molecule has 0 bridgehead atoms. The molecule has 0 heterocycles. The molecule has 0 fully saturated rings. The monoisotopic (exact) mass is 285 g/mol. The molecule has 1 atom stereocenters. The molecule has 1 aromatic rings. The second-order valence-electron chi connectivity index (χ2n) is 4.02. The molecule has 1 aromatic carbocycles. The molecule has 1 rings (SSSR count). The van der Waals surface area contributed by atoms with Gasteiger partial charge < -0.3 is 16.3 Å². The van der Waals surface area contributed by atoms with Crippen LogP contribution in [0.25, 0.3) is 0 Å². The zero-order valence-corrected chi connectivity index (χ0v) is 11.3. The Morgan fingerprint density at radius 3 is 2.63 bits per heavy atom. The zero-order chi connectivity index (χ0) is 14.6. The topological polar surface area (TPSA) is 122 Å². The number of carbonyl (C=O) groups is 1. The van der Waals surface area contributed by atoms with Gasteiger partial charge in [0.2, 0.25) is 0 Å². The SMILES string of the molecule is CC(NC(=O)c1cccc(S(C)(=O)=O)c1)/C(N)=N/O. The van der Waals surface area contributed by atoms with Gasteiger partial charge in [0, 0.05) is 11.8 Å². The van der Waals surface area contributed by atoms with Gasteiger partial charge in [0.25, 0.3) is 5.91 Å². The molecule has 0 aromatic heterocycles. The van der Waals surface area contributed by atoms with Crippen LogP contribution >= 0.6 is 0 Å². The molecule has 0 aliphatic rings. The smallest absolute Gasteiger partial charge is 0.251 e. The van der Waals surface area contributed by atoms with Crippen LogP contribution in [0, 0.1) is 0 Å². The van der Waals surface area contributed by atoms with Gasteiger partial charge >= 0.3 is 0 Å². The minimum Gasteiger partial charge on any atom is -0.409 e. The fourth-order valence-electron chi connectivity index (χ4n) is 1.31. The molecule has 19 heavy (non-hydrogen) atoms. The van der Waals surface area contributed by atoms with Crippen LogP contribution in [-0.2, 0) is 9.84 Å². The fourth-order valence-corrected chi connectivity index (χ4v) is 1.98. The van der Waals surface area contributed by atoms with Crippen LogP contribution in [0.2, 0.25) is 0 Å². The highest BCUT2D eigenvalue weighted by molar-refractivity contribution is 7.90. The van der Waals surface area contributed by atoms with E-state index in [2.05, 4.69) is 10.5 Å². The van der Waals surface area contributed by atoms with Gasteiger partial charge in [0.15, 0.2) is 15.7 Å². The van der Waals surface area contributed by atoms with Gasteiger partial charge in [-0.2, -0.15) is 0 Å². The maximum absolute atomic E-state index is 11.9. The molecule has 0 radical (unpaired) electrons. The van der Waals surface area contributed by atoms with Crippen LogP contribution in [0.3, 0.4) is 0 Å². The van der Waals surface area contributed by atoms with Crippen LogP contribution in [0.5, 0.6) is 0 Å². The summed E-state index contributed by atoms with van der Waals surface area (Å²) in [5, 5.41) is 13.7. The first-order valence-electron chi connectivity index (χ1n) is 5.34. The third kappa shape index (κ3) is 3.95. The third-order valence-electron chi connectivity index (χ3n) is 2.43. The van der Waals surface area contributed by atoms with Crippen molar-refractivity contribution in [1.29, 1.82) is 0 Å².